The second-order valence-electron chi connectivity index (χ2n) is 7.50. The standard InChI is InChI=1S/C26H24N2O5/c1-3-15-33-19-8-6-7-18(16-19)24(29)22-23(17-11-13-27-14-12-17)28(26(31)25(22)30)20-9-4-5-10-21(20)32-2/h4-14,16,23,29H,3,15H2,1-2H3/b24-22-. The van der Waals surface area contributed by atoms with Gasteiger partial charge in [0, 0.05) is 18.0 Å². The van der Waals surface area contributed by atoms with Crippen LogP contribution in [0.15, 0.2) is 78.6 Å². The van der Waals surface area contributed by atoms with Crippen LogP contribution >= 0.6 is 0 Å². The van der Waals surface area contributed by atoms with E-state index in [2.05, 4.69) is 4.98 Å². The van der Waals surface area contributed by atoms with Crippen LogP contribution in [0.2, 0.25) is 0 Å². The van der Waals surface area contributed by atoms with Gasteiger partial charge in [-0.3, -0.25) is 19.5 Å². The van der Waals surface area contributed by atoms with Crippen molar-refractivity contribution in [3.8, 4) is 11.5 Å². The number of anilines is 1. The van der Waals surface area contributed by atoms with Crippen LogP contribution < -0.4 is 14.4 Å². The number of amides is 1. The number of benzene rings is 2. The summed E-state index contributed by atoms with van der Waals surface area (Å²) in [6.45, 7) is 2.53. The molecule has 1 aliphatic heterocycles. The van der Waals surface area contributed by atoms with Gasteiger partial charge >= 0.3 is 0 Å². The lowest BCUT2D eigenvalue weighted by molar-refractivity contribution is -0.132. The maximum Gasteiger partial charge on any atom is 0.300 e. The summed E-state index contributed by atoms with van der Waals surface area (Å²) in [5.74, 6) is -0.787. The molecule has 1 aliphatic rings. The van der Waals surface area contributed by atoms with Crippen LogP contribution in [0.4, 0.5) is 5.69 Å². The molecule has 4 rings (SSSR count). The third-order valence-corrected chi connectivity index (χ3v) is 5.39. The number of hydrogen-bond acceptors (Lipinski definition) is 6. The topological polar surface area (TPSA) is 89.0 Å². The Morgan fingerprint density at radius 2 is 1.82 bits per heavy atom. The smallest absolute Gasteiger partial charge is 0.300 e. The van der Waals surface area contributed by atoms with Crippen molar-refractivity contribution in [3.05, 3.63) is 89.8 Å². The van der Waals surface area contributed by atoms with Crippen LogP contribution in [0, 0.1) is 0 Å². The van der Waals surface area contributed by atoms with Crippen molar-refractivity contribution < 1.29 is 24.2 Å². The minimum Gasteiger partial charge on any atom is -0.507 e. The number of carbonyl (C=O) groups is 2. The number of nitrogens with zero attached hydrogens (tertiary/aromatic N) is 2. The number of ketones is 1. The van der Waals surface area contributed by atoms with Gasteiger partial charge in [-0.15, -0.1) is 0 Å². The molecule has 0 radical (unpaired) electrons. The molecule has 1 N–H and O–H groups in total. The Morgan fingerprint density at radius 3 is 2.55 bits per heavy atom. The molecule has 7 heteroatoms. The van der Waals surface area contributed by atoms with E-state index in [4.69, 9.17) is 9.47 Å². The molecule has 168 valence electrons. The van der Waals surface area contributed by atoms with Gasteiger partial charge < -0.3 is 14.6 Å². The molecule has 1 amide bonds. The van der Waals surface area contributed by atoms with Crippen molar-refractivity contribution in [2.45, 2.75) is 19.4 Å². The molecule has 33 heavy (non-hydrogen) atoms. The second kappa shape index (κ2) is 9.56. The van der Waals surface area contributed by atoms with Gasteiger partial charge in [0.05, 0.1) is 31.0 Å². The highest BCUT2D eigenvalue weighted by molar-refractivity contribution is 6.51. The first-order chi connectivity index (χ1) is 16.1. The molecule has 0 spiro atoms. The molecule has 2 aromatic carbocycles. The van der Waals surface area contributed by atoms with E-state index in [0.29, 0.717) is 34.9 Å². The highest BCUT2D eigenvalue weighted by Gasteiger charge is 2.47. The molecule has 1 saturated heterocycles. The average molecular weight is 444 g/mol. The third kappa shape index (κ3) is 4.17. The number of Topliss-reactive ketones (excluding diaryl/α,β-unsaturated/α-hetero) is 1. The summed E-state index contributed by atoms with van der Waals surface area (Å²) >= 11 is 0. The monoisotopic (exact) mass is 444 g/mol. The molecular formula is C26H24N2O5. The Balaban J connectivity index is 1.90. The van der Waals surface area contributed by atoms with Gasteiger partial charge in [-0.1, -0.05) is 31.2 Å². The maximum atomic E-state index is 13.2. The Hall–Kier alpha value is -4.13. The zero-order valence-electron chi connectivity index (χ0n) is 18.4. The number of methoxy groups -OCH3 is 1. The molecule has 0 saturated carbocycles. The Morgan fingerprint density at radius 1 is 1.06 bits per heavy atom. The van der Waals surface area contributed by atoms with Crippen LogP contribution in [0.25, 0.3) is 5.76 Å². The van der Waals surface area contributed by atoms with Gasteiger partial charge in [-0.2, -0.15) is 0 Å². The largest absolute Gasteiger partial charge is 0.507 e. The minimum atomic E-state index is -0.857. The van der Waals surface area contributed by atoms with E-state index in [1.54, 1.807) is 73.1 Å². The number of aliphatic hydroxyl groups is 1. The van der Waals surface area contributed by atoms with Gasteiger partial charge in [-0.05, 0) is 48.4 Å². The summed E-state index contributed by atoms with van der Waals surface area (Å²) in [5.41, 5.74) is 1.45. The number of carbonyl (C=O) groups excluding carboxylic acids is 2. The van der Waals surface area contributed by atoms with Crippen LogP contribution in [0.3, 0.4) is 0 Å². The van der Waals surface area contributed by atoms with E-state index in [1.807, 2.05) is 6.92 Å². The molecule has 1 atom stereocenters. The molecule has 1 aromatic heterocycles. The van der Waals surface area contributed by atoms with Gasteiger partial charge in [0.1, 0.15) is 17.3 Å². The quantitative estimate of drug-likeness (QED) is 0.328. The Kier molecular flexibility index (Phi) is 6.40. The first-order valence-corrected chi connectivity index (χ1v) is 10.6. The molecule has 7 nitrogen and oxygen atoms in total. The van der Waals surface area contributed by atoms with Crippen molar-refractivity contribution in [3.63, 3.8) is 0 Å². The molecule has 3 aromatic rings. The summed E-state index contributed by atoms with van der Waals surface area (Å²) in [5, 5.41) is 11.3. The first kappa shape index (κ1) is 22.1. The Labute approximate surface area is 191 Å². The normalized spacial score (nSPS) is 17.3. The predicted molar refractivity (Wildman–Crippen MR) is 124 cm³/mol. The van der Waals surface area contributed by atoms with E-state index in [0.717, 1.165) is 6.42 Å². The molecule has 2 heterocycles. The summed E-state index contributed by atoms with van der Waals surface area (Å²) in [6, 6.07) is 16.4. The minimum absolute atomic E-state index is 0.00949. The molecule has 0 aliphatic carbocycles. The fourth-order valence-corrected chi connectivity index (χ4v) is 3.88. The van der Waals surface area contributed by atoms with Crippen molar-refractivity contribution in [2.24, 2.45) is 0 Å². The number of para-hydroxylation sites is 2. The zero-order valence-corrected chi connectivity index (χ0v) is 18.4. The van der Waals surface area contributed by atoms with Gasteiger partial charge in [0.2, 0.25) is 0 Å². The summed E-state index contributed by atoms with van der Waals surface area (Å²) < 4.78 is 11.1. The van der Waals surface area contributed by atoms with E-state index in [9.17, 15) is 14.7 Å². The van der Waals surface area contributed by atoms with Gasteiger partial charge in [0.15, 0.2) is 0 Å². The first-order valence-electron chi connectivity index (χ1n) is 10.6. The van der Waals surface area contributed by atoms with Crippen LogP contribution in [0.5, 0.6) is 11.5 Å². The number of aromatic nitrogens is 1. The summed E-state index contributed by atoms with van der Waals surface area (Å²) in [7, 11) is 1.50. The van der Waals surface area contributed by atoms with E-state index >= 15 is 0 Å². The fraction of sp³-hybridized carbons (Fsp3) is 0.192. The molecule has 0 bridgehead atoms. The number of ether oxygens (including phenoxy) is 2. The van der Waals surface area contributed by atoms with Crippen LogP contribution in [0.1, 0.15) is 30.5 Å². The maximum absolute atomic E-state index is 13.2. The lowest BCUT2D eigenvalue weighted by Crippen LogP contribution is -2.29. The van der Waals surface area contributed by atoms with Crippen LogP contribution in [-0.2, 0) is 9.59 Å². The SMILES string of the molecule is CCCOc1cccc(/C(O)=C2/C(=O)C(=O)N(c3ccccc3OC)C2c2ccncc2)c1. The fourth-order valence-electron chi connectivity index (χ4n) is 3.88. The number of pyridine rings is 1. The second-order valence-corrected chi connectivity index (χ2v) is 7.50. The summed E-state index contributed by atoms with van der Waals surface area (Å²) in [6.07, 6.45) is 4.00. The van der Waals surface area contributed by atoms with Gasteiger partial charge in [0.25, 0.3) is 11.7 Å². The predicted octanol–water partition coefficient (Wildman–Crippen LogP) is 4.51. The lowest BCUT2D eigenvalue weighted by Gasteiger charge is -2.26. The van der Waals surface area contributed by atoms with E-state index in [-0.39, 0.29) is 11.3 Å². The van der Waals surface area contributed by atoms with Gasteiger partial charge in [-0.25, -0.2) is 0 Å². The lowest BCUT2D eigenvalue weighted by atomic mass is 9.95. The highest BCUT2D eigenvalue weighted by atomic mass is 16.5. The molecule has 1 fully saturated rings. The number of hydrogen-bond donors (Lipinski definition) is 1. The zero-order chi connectivity index (χ0) is 23.4. The third-order valence-electron chi connectivity index (χ3n) is 5.39. The molecular weight excluding hydrogens is 420 g/mol. The number of rotatable bonds is 7. The van der Waals surface area contributed by atoms with Crippen LogP contribution in [-0.4, -0.2) is 35.5 Å². The van der Waals surface area contributed by atoms with Crippen molar-refractivity contribution >= 4 is 23.1 Å². The van der Waals surface area contributed by atoms with Crippen molar-refractivity contribution in [1.29, 1.82) is 0 Å². The summed E-state index contributed by atoms with van der Waals surface area (Å²) in [4.78, 5) is 31.9. The molecule has 1 unspecified atom stereocenters. The van der Waals surface area contributed by atoms with E-state index in [1.165, 1.54) is 12.0 Å². The average Bonchev–Trinajstić information content (AvgIpc) is 3.13. The van der Waals surface area contributed by atoms with Crippen molar-refractivity contribution in [1.82, 2.24) is 4.98 Å². The highest BCUT2D eigenvalue weighted by Crippen LogP contribution is 2.44. The number of aliphatic hydroxyl groups excluding tert-OH is 1. The van der Waals surface area contributed by atoms with E-state index < -0.39 is 17.7 Å². The Bertz CT molecular complexity index is 1210. The van der Waals surface area contributed by atoms with Crippen molar-refractivity contribution in [2.75, 3.05) is 18.6 Å².